The predicted octanol–water partition coefficient (Wildman–Crippen LogP) is 4.31. The van der Waals surface area contributed by atoms with Crippen molar-refractivity contribution in [1.29, 1.82) is 0 Å². The topological polar surface area (TPSA) is 35.2 Å². The molecule has 2 nitrogen and oxygen atoms in total. The van der Waals surface area contributed by atoms with E-state index < -0.39 is 0 Å². The van der Waals surface area contributed by atoms with Gasteiger partial charge in [0.15, 0.2) is 0 Å². The molecule has 0 spiro atoms. The molecular weight excluding hydrogens is 254 g/mol. The summed E-state index contributed by atoms with van der Waals surface area (Å²) in [6, 6.07) is 8.48. The number of hydrogen-bond acceptors (Lipinski definition) is 3. The van der Waals surface area contributed by atoms with Gasteiger partial charge in [-0.05, 0) is 30.2 Å². The van der Waals surface area contributed by atoms with E-state index in [0.717, 1.165) is 18.9 Å². The Bertz CT molecular complexity index is 518. The van der Waals surface area contributed by atoms with Crippen LogP contribution in [0.2, 0.25) is 0 Å². The van der Waals surface area contributed by atoms with Crippen molar-refractivity contribution in [2.24, 2.45) is 11.7 Å². The highest BCUT2D eigenvalue weighted by atomic mass is 32.1. The van der Waals surface area contributed by atoms with E-state index in [1.165, 1.54) is 26.9 Å². The van der Waals surface area contributed by atoms with Crippen molar-refractivity contribution in [1.82, 2.24) is 0 Å². The minimum atomic E-state index is 0.601. The third kappa shape index (κ3) is 3.78. The normalized spacial score (nSPS) is 11.6. The molecule has 104 valence electrons. The van der Waals surface area contributed by atoms with Gasteiger partial charge in [-0.25, -0.2) is 0 Å². The minimum Gasteiger partial charge on any atom is -0.377 e. The van der Waals surface area contributed by atoms with E-state index in [1.807, 2.05) is 0 Å². The molecule has 0 saturated heterocycles. The molecule has 19 heavy (non-hydrogen) atoms. The van der Waals surface area contributed by atoms with Crippen molar-refractivity contribution < 1.29 is 4.74 Å². The number of rotatable bonds is 7. The minimum absolute atomic E-state index is 0.601. The van der Waals surface area contributed by atoms with Gasteiger partial charge < -0.3 is 10.5 Å². The van der Waals surface area contributed by atoms with Gasteiger partial charge in [-0.1, -0.05) is 32.0 Å². The van der Waals surface area contributed by atoms with Crippen molar-refractivity contribution in [3.8, 4) is 0 Å². The summed E-state index contributed by atoms with van der Waals surface area (Å²) in [7, 11) is 0. The second-order valence-electron chi connectivity index (χ2n) is 5.29. The van der Waals surface area contributed by atoms with E-state index in [1.54, 1.807) is 11.3 Å². The quantitative estimate of drug-likeness (QED) is 0.765. The monoisotopic (exact) mass is 277 g/mol. The van der Waals surface area contributed by atoms with Crippen LogP contribution in [-0.4, -0.2) is 6.61 Å². The van der Waals surface area contributed by atoms with E-state index in [0.29, 0.717) is 13.2 Å². The molecule has 0 aliphatic heterocycles. The highest BCUT2D eigenvalue weighted by Crippen LogP contribution is 2.31. The van der Waals surface area contributed by atoms with Crippen molar-refractivity contribution in [3.05, 3.63) is 34.7 Å². The van der Waals surface area contributed by atoms with Gasteiger partial charge in [0.05, 0.1) is 6.61 Å². The first kappa shape index (κ1) is 14.5. The van der Waals surface area contributed by atoms with Gasteiger partial charge >= 0.3 is 0 Å². The fourth-order valence-electron chi connectivity index (χ4n) is 2.24. The Morgan fingerprint density at radius 3 is 2.79 bits per heavy atom. The number of thiophene rings is 1. The third-order valence-electron chi connectivity index (χ3n) is 3.28. The van der Waals surface area contributed by atoms with E-state index >= 15 is 0 Å². The fourth-order valence-corrected chi connectivity index (χ4v) is 3.33. The molecule has 0 aliphatic carbocycles. The van der Waals surface area contributed by atoms with Crippen molar-refractivity contribution in [3.63, 3.8) is 0 Å². The molecule has 0 fully saturated rings. The van der Waals surface area contributed by atoms with Gasteiger partial charge in [0.25, 0.3) is 0 Å². The summed E-state index contributed by atoms with van der Waals surface area (Å²) in [5.74, 6) is 0.755. The summed E-state index contributed by atoms with van der Waals surface area (Å²) in [6.07, 6.45) is 2.37. The number of nitrogens with two attached hydrogens (primary N) is 1. The lowest BCUT2D eigenvalue weighted by molar-refractivity contribution is 0.115. The van der Waals surface area contributed by atoms with Gasteiger partial charge in [0, 0.05) is 28.3 Å². The lowest BCUT2D eigenvalue weighted by atomic mass is 10.1. The summed E-state index contributed by atoms with van der Waals surface area (Å²) in [4.78, 5) is 1.25. The average Bonchev–Trinajstić information content (AvgIpc) is 2.76. The third-order valence-corrected chi connectivity index (χ3v) is 4.52. The van der Waals surface area contributed by atoms with Crippen LogP contribution in [0.15, 0.2) is 24.3 Å². The van der Waals surface area contributed by atoms with Gasteiger partial charge in [-0.3, -0.25) is 0 Å². The number of ether oxygens (including phenoxy) is 1. The highest BCUT2D eigenvalue weighted by molar-refractivity contribution is 7.19. The SMILES string of the molecule is CC(C)CCCOCc1c(CN)sc2ccccc12. The molecule has 0 bridgehead atoms. The van der Waals surface area contributed by atoms with Crippen LogP contribution < -0.4 is 5.73 Å². The summed E-state index contributed by atoms with van der Waals surface area (Å²) in [5, 5.41) is 1.30. The zero-order valence-electron chi connectivity index (χ0n) is 11.8. The molecule has 0 radical (unpaired) electrons. The fraction of sp³-hybridized carbons (Fsp3) is 0.500. The smallest absolute Gasteiger partial charge is 0.0734 e. The maximum Gasteiger partial charge on any atom is 0.0734 e. The van der Waals surface area contributed by atoms with Gasteiger partial charge in [-0.15, -0.1) is 11.3 Å². The Morgan fingerprint density at radius 1 is 1.26 bits per heavy atom. The number of fused-ring (bicyclic) bond motifs is 1. The molecule has 2 N–H and O–H groups in total. The first-order chi connectivity index (χ1) is 9.22. The van der Waals surface area contributed by atoms with Gasteiger partial charge in [-0.2, -0.15) is 0 Å². The average molecular weight is 277 g/mol. The summed E-state index contributed by atoms with van der Waals surface area (Å²) in [6.45, 7) is 6.63. The van der Waals surface area contributed by atoms with Gasteiger partial charge in [0.2, 0.25) is 0 Å². The molecule has 1 aromatic carbocycles. The van der Waals surface area contributed by atoms with Crippen molar-refractivity contribution in [2.45, 2.75) is 39.8 Å². The Morgan fingerprint density at radius 2 is 2.05 bits per heavy atom. The maximum absolute atomic E-state index is 5.84. The van der Waals surface area contributed by atoms with Crippen LogP contribution in [0.25, 0.3) is 10.1 Å². The molecular formula is C16H23NOS. The maximum atomic E-state index is 5.84. The van der Waals surface area contributed by atoms with E-state index in [-0.39, 0.29) is 0 Å². The van der Waals surface area contributed by atoms with Crippen LogP contribution in [0.1, 0.15) is 37.1 Å². The largest absolute Gasteiger partial charge is 0.377 e. The van der Waals surface area contributed by atoms with Crippen molar-refractivity contribution >= 4 is 21.4 Å². The van der Waals surface area contributed by atoms with Crippen LogP contribution in [0.5, 0.6) is 0 Å². The highest BCUT2D eigenvalue weighted by Gasteiger charge is 2.10. The second kappa shape index (κ2) is 7.04. The van der Waals surface area contributed by atoms with Gasteiger partial charge in [0.1, 0.15) is 0 Å². The van der Waals surface area contributed by atoms with E-state index in [4.69, 9.17) is 10.5 Å². The molecule has 0 aliphatic rings. The van der Waals surface area contributed by atoms with E-state index in [2.05, 4.69) is 38.1 Å². The Labute approximate surface area is 119 Å². The molecule has 1 aromatic heterocycles. The Hall–Kier alpha value is -0.900. The molecule has 2 rings (SSSR count). The van der Waals surface area contributed by atoms with Crippen LogP contribution >= 0.6 is 11.3 Å². The van der Waals surface area contributed by atoms with Crippen LogP contribution in [-0.2, 0) is 17.9 Å². The van der Waals surface area contributed by atoms with Crippen LogP contribution in [0, 0.1) is 5.92 Å². The molecule has 2 aromatic rings. The second-order valence-corrected chi connectivity index (χ2v) is 6.43. The lowest BCUT2D eigenvalue weighted by Gasteiger charge is -2.07. The van der Waals surface area contributed by atoms with E-state index in [9.17, 15) is 0 Å². The lowest BCUT2D eigenvalue weighted by Crippen LogP contribution is -2.01. The van der Waals surface area contributed by atoms with Crippen LogP contribution in [0.4, 0.5) is 0 Å². The molecule has 0 saturated carbocycles. The Balaban J connectivity index is 1.99. The molecule has 0 unspecified atom stereocenters. The molecule has 0 atom stereocenters. The molecule has 1 heterocycles. The van der Waals surface area contributed by atoms with Crippen LogP contribution in [0.3, 0.4) is 0 Å². The zero-order chi connectivity index (χ0) is 13.7. The Kier molecular flexibility index (Phi) is 5.37. The first-order valence-electron chi connectivity index (χ1n) is 6.99. The first-order valence-corrected chi connectivity index (χ1v) is 7.81. The summed E-state index contributed by atoms with van der Waals surface area (Å²) >= 11 is 1.79. The number of benzene rings is 1. The predicted molar refractivity (Wildman–Crippen MR) is 83.4 cm³/mol. The molecule has 0 amide bonds. The number of hydrogen-bond donors (Lipinski definition) is 1. The summed E-state index contributed by atoms with van der Waals surface area (Å²) < 4.78 is 7.14. The standard InChI is InChI=1S/C16H23NOS/c1-12(2)6-5-9-18-11-14-13-7-3-4-8-15(13)19-16(14)10-17/h3-4,7-8,12H,5-6,9-11,17H2,1-2H3. The summed E-state index contributed by atoms with van der Waals surface area (Å²) in [5.41, 5.74) is 7.12. The molecule has 3 heteroatoms. The van der Waals surface area contributed by atoms with Crippen molar-refractivity contribution in [2.75, 3.05) is 6.61 Å². The zero-order valence-corrected chi connectivity index (χ0v) is 12.6.